The summed E-state index contributed by atoms with van der Waals surface area (Å²) < 4.78 is 5.53. The molecule has 0 radical (unpaired) electrons. The number of morpholine rings is 1. The van der Waals surface area contributed by atoms with Crippen LogP contribution in [0.5, 0.6) is 0 Å². The minimum absolute atomic E-state index is 0.00313. The van der Waals surface area contributed by atoms with Crippen molar-refractivity contribution in [3.63, 3.8) is 0 Å². The van der Waals surface area contributed by atoms with Crippen molar-refractivity contribution in [1.29, 1.82) is 0 Å². The maximum absolute atomic E-state index is 12.9. The van der Waals surface area contributed by atoms with Crippen molar-refractivity contribution < 1.29 is 9.53 Å². The molecular formula is C22H30N4O2S. The molecule has 0 bridgehead atoms. The monoisotopic (exact) mass is 414 g/mol. The van der Waals surface area contributed by atoms with E-state index in [1.807, 2.05) is 30.3 Å². The molecule has 4 rings (SSSR count). The molecular weight excluding hydrogens is 384 g/mol. The third-order valence-electron chi connectivity index (χ3n) is 5.88. The highest BCUT2D eigenvalue weighted by atomic mass is 32.1. The van der Waals surface area contributed by atoms with Crippen LogP contribution in [0.4, 0.5) is 5.00 Å². The van der Waals surface area contributed by atoms with Gasteiger partial charge in [-0.3, -0.25) is 15.6 Å². The van der Waals surface area contributed by atoms with E-state index in [0.717, 1.165) is 43.2 Å². The molecule has 2 atom stereocenters. The number of hydrogen-bond donors (Lipinski definition) is 3. The van der Waals surface area contributed by atoms with Gasteiger partial charge in [-0.05, 0) is 43.4 Å². The van der Waals surface area contributed by atoms with Gasteiger partial charge >= 0.3 is 0 Å². The van der Waals surface area contributed by atoms with E-state index >= 15 is 0 Å². The number of ether oxygens (including phenoxy) is 1. The predicted molar refractivity (Wildman–Crippen MR) is 117 cm³/mol. The zero-order chi connectivity index (χ0) is 20.2. The predicted octanol–water partition coefficient (Wildman–Crippen LogP) is 2.56. The first-order chi connectivity index (χ1) is 14.1. The molecule has 3 heterocycles. The van der Waals surface area contributed by atoms with Gasteiger partial charge in [-0.1, -0.05) is 30.3 Å². The topological polar surface area (TPSA) is 65.6 Å². The van der Waals surface area contributed by atoms with E-state index in [4.69, 9.17) is 4.74 Å². The Morgan fingerprint density at radius 1 is 1.17 bits per heavy atom. The Hall–Kier alpha value is -1.93. The van der Waals surface area contributed by atoms with E-state index in [2.05, 4.69) is 41.0 Å². The second-order valence-corrected chi connectivity index (χ2v) is 8.97. The average Bonchev–Trinajstić information content (AvgIpc) is 3.32. The minimum atomic E-state index is 0.00313. The summed E-state index contributed by atoms with van der Waals surface area (Å²) in [5.41, 5.74) is 9.08. The lowest BCUT2D eigenvalue weighted by molar-refractivity contribution is 0.0955. The van der Waals surface area contributed by atoms with E-state index in [9.17, 15) is 4.79 Å². The second-order valence-electron chi connectivity index (χ2n) is 7.94. The van der Waals surface area contributed by atoms with Gasteiger partial charge in [-0.2, -0.15) is 0 Å². The van der Waals surface area contributed by atoms with Gasteiger partial charge in [0.1, 0.15) is 0 Å². The molecule has 0 aliphatic carbocycles. The first kappa shape index (κ1) is 20.3. The number of carbonyl (C=O) groups excluding carboxylic acids is 1. The van der Waals surface area contributed by atoms with Crippen LogP contribution in [-0.4, -0.2) is 44.3 Å². The van der Waals surface area contributed by atoms with Gasteiger partial charge in [0.2, 0.25) is 0 Å². The van der Waals surface area contributed by atoms with Crippen molar-refractivity contribution in [1.82, 2.24) is 16.2 Å². The summed E-state index contributed by atoms with van der Waals surface area (Å²) in [7, 11) is 0. The number of rotatable bonds is 6. The molecule has 6 nitrogen and oxygen atoms in total. The number of thiophene rings is 1. The molecule has 2 aliphatic rings. The largest absolute Gasteiger partial charge is 0.378 e. The molecule has 2 fully saturated rings. The summed E-state index contributed by atoms with van der Waals surface area (Å²) in [5.74, 6) is 0.494. The van der Waals surface area contributed by atoms with Crippen molar-refractivity contribution >= 4 is 22.2 Å². The average molecular weight is 415 g/mol. The number of nitrogens with one attached hydrogen (secondary N) is 3. The van der Waals surface area contributed by atoms with Gasteiger partial charge in [0.25, 0.3) is 5.91 Å². The third kappa shape index (κ3) is 4.80. The van der Waals surface area contributed by atoms with Gasteiger partial charge in [-0.15, -0.1) is 11.3 Å². The van der Waals surface area contributed by atoms with E-state index < -0.39 is 0 Å². The fourth-order valence-corrected chi connectivity index (χ4v) is 5.25. The molecule has 156 valence electrons. The quantitative estimate of drug-likeness (QED) is 0.678. The molecule has 1 aromatic heterocycles. The van der Waals surface area contributed by atoms with Gasteiger partial charge in [-0.25, -0.2) is 0 Å². The summed E-state index contributed by atoms with van der Waals surface area (Å²) in [6, 6.07) is 12.9. The first-order valence-electron chi connectivity index (χ1n) is 10.4. The zero-order valence-corrected chi connectivity index (χ0v) is 17.9. The van der Waals surface area contributed by atoms with Crippen molar-refractivity contribution in [2.75, 3.05) is 31.2 Å². The number of benzene rings is 1. The van der Waals surface area contributed by atoms with Gasteiger partial charge < -0.3 is 15.0 Å². The molecule has 2 unspecified atom stereocenters. The third-order valence-corrected chi connectivity index (χ3v) is 7.12. The smallest absolute Gasteiger partial charge is 0.261 e. The van der Waals surface area contributed by atoms with Gasteiger partial charge in [0.05, 0.1) is 23.1 Å². The van der Waals surface area contributed by atoms with Crippen molar-refractivity contribution in [3.8, 4) is 0 Å². The summed E-state index contributed by atoms with van der Waals surface area (Å²) >= 11 is 1.61. The Morgan fingerprint density at radius 2 is 1.86 bits per heavy atom. The van der Waals surface area contributed by atoms with Gasteiger partial charge in [0.15, 0.2) is 0 Å². The number of amides is 1. The maximum Gasteiger partial charge on any atom is 0.261 e. The highest BCUT2D eigenvalue weighted by molar-refractivity contribution is 7.18. The number of hydrazine groups is 1. The lowest BCUT2D eigenvalue weighted by Gasteiger charge is -2.29. The molecule has 7 heteroatoms. The zero-order valence-electron chi connectivity index (χ0n) is 17.1. The summed E-state index contributed by atoms with van der Waals surface area (Å²) in [6.07, 6.45) is 0.956. The SMILES string of the molecule is CC1NNC(C)C1Cc1cc(C(=O)NCc2ccccc2)sc1N1CCOCC1. The minimum Gasteiger partial charge on any atom is -0.378 e. The van der Waals surface area contributed by atoms with Gasteiger partial charge in [0, 0.05) is 31.7 Å². The highest BCUT2D eigenvalue weighted by Gasteiger charge is 2.32. The van der Waals surface area contributed by atoms with Crippen LogP contribution in [0, 0.1) is 5.92 Å². The van der Waals surface area contributed by atoms with Crippen LogP contribution in [0.2, 0.25) is 0 Å². The number of nitrogens with zero attached hydrogens (tertiary/aromatic N) is 1. The standard InChI is InChI=1S/C22H30N4O2S/c1-15-19(16(2)25-24-15)12-18-13-20(29-22(18)26-8-10-28-11-9-26)21(27)23-14-17-6-4-3-5-7-17/h3-7,13,15-16,19,24-25H,8-12,14H2,1-2H3,(H,23,27). The molecule has 3 N–H and O–H groups in total. The Morgan fingerprint density at radius 3 is 2.55 bits per heavy atom. The van der Waals surface area contributed by atoms with E-state index in [1.54, 1.807) is 11.3 Å². The van der Waals surface area contributed by atoms with Crippen LogP contribution in [0.3, 0.4) is 0 Å². The lowest BCUT2D eigenvalue weighted by atomic mass is 9.90. The molecule has 2 aromatic rings. The van der Waals surface area contributed by atoms with E-state index in [1.165, 1.54) is 10.6 Å². The highest BCUT2D eigenvalue weighted by Crippen LogP contribution is 2.35. The normalized spacial score (nSPS) is 24.6. The molecule has 1 aromatic carbocycles. The Kier molecular flexibility index (Phi) is 6.50. The van der Waals surface area contributed by atoms with Crippen LogP contribution >= 0.6 is 11.3 Å². The summed E-state index contributed by atoms with van der Waals surface area (Å²) in [4.78, 5) is 16.0. The van der Waals surface area contributed by atoms with E-state index in [0.29, 0.717) is 24.5 Å². The fourth-order valence-electron chi connectivity index (χ4n) is 4.09. The van der Waals surface area contributed by atoms with Crippen LogP contribution in [-0.2, 0) is 17.7 Å². The number of anilines is 1. The van der Waals surface area contributed by atoms with Crippen molar-refractivity contribution in [2.24, 2.45) is 5.92 Å². The Labute approximate surface area is 176 Å². The summed E-state index contributed by atoms with van der Waals surface area (Å²) in [6.45, 7) is 8.23. The fraction of sp³-hybridized carbons (Fsp3) is 0.500. The van der Waals surface area contributed by atoms with Crippen LogP contribution in [0.25, 0.3) is 0 Å². The van der Waals surface area contributed by atoms with Crippen LogP contribution in [0.1, 0.15) is 34.6 Å². The van der Waals surface area contributed by atoms with Crippen LogP contribution < -0.4 is 21.1 Å². The summed E-state index contributed by atoms with van der Waals surface area (Å²) in [5, 5.41) is 4.30. The molecule has 2 aliphatic heterocycles. The molecule has 29 heavy (non-hydrogen) atoms. The van der Waals surface area contributed by atoms with Crippen molar-refractivity contribution in [3.05, 3.63) is 52.4 Å². The van der Waals surface area contributed by atoms with Crippen LogP contribution in [0.15, 0.2) is 36.4 Å². The molecule has 2 saturated heterocycles. The first-order valence-corrected chi connectivity index (χ1v) is 11.2. The molecule has 1 amide bonds. The van der Waals surface area contributed by atoms with E-state index in [-0.39, 0.29) is 5.91 Å². The second kappa shape index (κ2) is 9.26. The maximum atomic E-state index is 12.9. The lowest BCUT2D eigenvalue weighted by Crippen LogP contribution is -2.36. The Bertz CT molecular complexity index is 809. The molecule has 0 spiro atoms. The number of hydrogen-bond acceptors (Lipinski definition) is 6. The number of carbonyl (C=O) groups is 1. The van der Waals surface area contributed by atoms with Crippen molar-refractivity contribution in [2.45, 2.75) is 38.9 Å². The Balaban J connectivity index is 1.52. The molecule has 0 saturated carbocycles.